The molecule has 5 nitrogen and oxygen atoms in total. The van der Waals surface area contributed by atoms with Gasteiger partial charge in [-0.2, -0.15) is 0 Å². The third kappa shape index (κ3) is 2.85. The third-order valence-electron chi connectivity index (χ3n) is 3.18. The Morgan fingerprint density at radius 1 is 1.05 bits per heavy atom. The summed E-state index contributed by atoms with van der Waals surface area (Å²) in [7, 11) is 0. The van der Waals surface area contributed by atoms with Crippen molar-refractivity contribution in [1.82, 2.24) is 15.3 Å². The fourth-order valence-electron chi connectivity index (χ4n) is 2.05. The summed E-state index contributed by atoms with van der Waals surface area (Å²) in [6.45, 7) is 0.257. The van der Waals surface area contributed by atoms with Crippen LogP contribution in [0.3, 0.4) is 0 Å². The molecule has 3 rings (SSSR count). The number of nitrogens with two attached hydrogens (primary N) is 1. The molecule has 0 aliphatic carbocycles. The van der Waals surface area contributed by atoms with Crippen LogP contribution in [-0.2, 0) is 6.54 Å². The Morgan fingerprint density at radius 2 is 1.68 bits per heavy atom. The zero-order chi connectivity index (χ0) is 15.5. The summed E-state index contributed by atoms with van der Waals surface area (Å²) in [5.74, 6) is -0.657. The number of carbonyl (C=O) groups excluding carboxylic acids is 1. The average Bonchev–Trinajstić information content (AvgIpc) is 2.53. The molecule has 1 heterocycles. The van der Waals surface area contributed by atoms with Crippen LogP contribution in [0, 0.1) is 5.82 Å². The number of hydrogen-bond acceptors (Lipinski definition) is 4. The Labute approximate surface area is 126 Å². The number of rotatable bonds is 3. The number of halogens is 1. The van der Waals surface area contributed by atoms with Crippen molar-refractivity contribution in [2.45, 2.75) is 6.54 Å². The van der Waals surface area contributed by atoms with Gasteiger partial charge in [-0.05, 0) is 29.8 Å². The number of aromatic nitrogens is 2. The number of para-hydroxylation sites is 2. The first-order valence-corrected chi connectivity index (χ1v) is 6.68. The number of nitrogens with one attached hydrogen (secondary N) is 1. The monoisotopic (exact) mass is 296 g/mol. The summed E-state index contributed by atoms with van der Waals surface area (Å²) in [5.41, 5.74) is 7.89. The van der Waals surface area contributed by atoms with Gasteiger partial charge >= 0.3 is 0 Å². The van der Waals surface area contributed by atoms with Crippen molar-refractivity contribution in [2.75, 3.05) is 5.73 Å². The molecule has 110 valence electrons. The number of benzene rings is 2. The van der Waals surface area contributed by atoms with Gasteiger partial charge in [0, 0.05) is 6.54 Å². The zero-order valence-corrected chi connectivity index (χ0v) is 11.6. The normalized spacial score (nSPS) is 10.6. The quantitative estimate of drug-likeness (QED) is 0.777. The molecule has 3 aromatic rings. The second-order valence-corrected chi connectivity index (χ2v) is 4.76. The summed E-state index contributed by atoms with van der Waals surface area (Å²) in [4.78, 5) is 20.6. The molecule has 0 unspecified atom stereocenters. The molecule has 0 aliphatic heterocycles. The molecule has 0 saturated heterocycles. The van der Waals surface area contributed by atoms with Gasteiger partial charge < -0.3 is 11.1 Å². The van der Waals surface area contributed by atoms with Gasteiger partial charge in [0.15, 0.2) is 11.5 Å². The molecular weight excluding hydrogens is 283 g/mol. The Bertz CT molecular complexity index is 833. The highest BCUT2D eigenvalue weighted by molar-refractivity contribution is 5.98. The summed E-state index contributed by atoms with van der Waals surface area (Å²) < 4.78 is 12.8. The highest BCUT2D eigenvalue weighted by Crippen LogP contribution is 2.14. The van der Waals surface area contributed by atoms with Crippen molar-refractivity contribution in [3.63, 3.8) is 0 Å². The predicted molar refractivity (Wildman–Crippen MR) is 81.5 cm³/mol. The number of hydrogen-bond donors (Lipinski definition) is 2. The molecule has 1 amide bonds. The Balaban J connectivity index is 1.79. The molecule has 0 atom stereocenters. The van der Waals surface area contributed by atoms with Crippen LogP contribution >= 0.6 is 0 Å². The molecule has 0 fully saturated rings. The second-order valence-electron chi connectivity index (χ2n) is 4.76. The van der Waals surface area contributed by atoms with Crippen LogP contribution in [0.15, 0.2) is 48.5 Å². The van der Waals surface area contributed by atoms with Crippen LogP contribution in [0.2, 0.25) is 0 Å². The van der Waals surface area contributed by atoms with Crippen molar-refractivity contribution in [3.8, 4) is 0 Å². The molecule has 0 spiro atoms. The van der Waals surface area contributed by atoms with Crippen molar-refractivity contribution >= 4 is 22.8 Å². The number of amides is 1. The van der Waals surface area contributed by atoms with E-state index in [4.69, 9.17) is 5.73 Å². The van der Waals surface area contributed by atoms with Gasteiger partial charge in [-0.15, -0.1) is 0 Å². The highest BCUT2D eigenvalue weighted by atomic mass is 19.1. The molecule has 6 heteroatoms. The van der Waals surface area contributed by atoms with Crippen molar-refractivity contribution in [2.24, 2.45) is 0 Å². The standard InChI is InChI=1S/C16H13FN4O/c17-11-7-5-10(6-8-11)9-19-16(22)14-15(18)21-13-4-2-1-3-12(13)20-14/h1-8H,9H2,(H2,18,21)(H,19,22). The van der Waals surface area contributed by atoms with Crippen molar-refractivity contribution < 1.29 is 9.18 Å². The maximum Gasteiger partial charge on any atom is 0.274 e. The van der Waals surface area contributed by atoms with Crippen molar-refractivity contribution in [1.29, 1.82) is 0 Å². The lowest BCUT2D eigenvalue weighted by molar-refractivity contribution is 0.0947. The first-order chi connectivity index (χ1) is 10.6. The van der Waals surface area contributed by atoms with Crippen LogP contribution in [0.5, 0.6) is 0 Å². The van der Waals surface area contributed by atoms with Gasteiger partial charge in [-0.3, -0.25) is 4.79 Å². The number of anilines is 1. The van der Waals surface area contributed by atoms with Gasteiger partial charge in [-0.1, -0.05) is 24.3 Å². The van der Waals surface area contributed by atoms with E-state index in [2.05, 4.69) is 15.3 Å². The van der Waals surface area contributed by atoms with E-state index in [0.717, 1.165) is 5.56 Å². The topological polar surface area (TPSA) is 80.9 Å². The fraction of sp³-hybridized carbons (Fsp3) is 0.0625. The summed E-state index contributed by atoms with van der Waals surface area (Å²) >= 11 is 0. The molecular formula is C16H13FN4O. The van der Waals surface area contributed by atoms with Gasteiger partial charge in [0.05, 0.1) is 11.0 Å². The van der Waals surface area contributed by atoms with E-state index in [1.165, 1.54) is 12.1 Å². The number of carbonyl (C=O) groups is 1. The lowest BCUT2D eigenvalue weighted by Crippen LogP contribution is -2.25. The maximum atomic E-state index is 12.8. The van der Waals surface area contributed by atoms with E-state index in [9.17, 15) is 9.18 Å². The molecule has 3 N–H and O–H groups in total. The number of fused-ring (bicyclic) bond motifs is 1. The maximum absolute atomic E-state index is 12.8. The van der Waals surface area contributed by atoms with Crippen molar-refractivity contribution in [3.05, 3.63) is 65.6 Å². The fourth-order valence-corrected chi connectivity index (χ4v) is 2.05. The summed E-state index contributed by atoms with van der Waals surface area (Å²) in [6, 6.07) is 13.1. The van der Waals surface area contributed by atoms with Gasteiger partial charge in [0.1, 0.15) is 5.82 Å². The smallest absolute Gasteiger partial charge is 0.274 e. The Morgan fingerprint density at radius 3 is 2.36 bits per heavy atom. The largest absolute Gasteiger partial charge is 0.382 e. The first kappa shape index (κ1) is 13.9. The predicted octanol–water partition coefficient (Wildman–Crippen LogP) is 2.28. The average molecular weight is 296 g/mol. The van der Waals surface area contributed by atoms with E-state index < -0.39 is 5.91 Å². The molecule has 0 radical (unpaired) electrons. The van der Waals surface area contributed by atoms with E-state index in [1.807, 2.05) is 12.1 Å². The van der Waals surface area contributed by atoms with Crippen LogP contribution < -0.4 is 11.1 Å². The minimum Gasteiger partial charge on any atom is -0.382 e. The molecule has 22 heavy (non-hydrogen) atoms. The van der Waals surface area contributed by atoms with Gasteiger partial charge in [-0.25, -0.2) is 14.4 Å². The number of nitrogens with zero attached hydrogens (tertiary/aromatic N) is 2. The third-order valence-corrected chi connectivity index (χ3v) is 3.18. The summed E-state index contributed by atoms with van der Waals surface area (Å²) in [6.07, 6.45) is 0. The molecule has 1 aromatic heterocycles. The Hall–Kier alpha value is -3.02. The van der Waals surface area contributed by atoms with Crippen LogP contribution in [0.25, 0.3) is 11.0 Å². The first-order valence-electron chi connectivity index (χ1n) is 6.68. The van der Waals surface area contributed by atoms with E-state index in [-0.39, 0.29) is 23.9 Å². The molecule has 2 aromatic carbocycles. The lowest BCUT2D eigenvalue weighted by Gasteiger charge is -2.07. The minimum absolute atomic E-state index is 0.0790. The van der Waals surface area contributed by atoms with Crippen LogP contribution in [-0.4, -0.2) is 15.9 Å². The molecule has 0 saturated carbocycles. The van der Waals surface area contributed by atoms with Crippen LogP contribution in [0.1, 0.15) is 16.1 Å². The van der Waals surface area contributed by atoms with E-state index in [0.29, 0.717) is 11.0 Å². The number of nitrogen functional groups attached to an aromatic ring is 1. The van der Waals surface area contributed by atoms with Gasteiger partial charge in [0.25, 0.3) is 5.91 Å². The lowest BCUT2D eigenvalue weighted by atomic mass is 10.2. The molecule has 0 bridgehead atoms. The van der Waals surface area contributed by atoms with E-state index >= 15 is 0 Å². The zero-order valence-electron chi connectivity index (χ0n) is 11.6. The van der Waals surface area contributed by atoms with Gasteiger partial charge in [0.2, 0.25) is 0 Å². The molecule has 0 aliphatic rings. The Kier molecular flexibility index (Phi) is 3.65. The second kappa shape index (κ2) is 5.77. The SMILES string of the molecule is Nc1nc2ccccc2nc1C(=O)NCc1ccc(F)cc1. The van der Waals surface area contributed by atoms with Crippen LogP contribution in [0.4, 0.5) is 10.2 Å². The highest BCUT2D eigenvalue weighted by Gasteiger charge is 2.14. The van der Waals surface area contributed by atoms with E-state index in [1.54, 1.807) is 24.3 Å². The minimum atomic E-state index is -0.417. The summed E-state index contributed by atoms with van der Waals surface area (Å²) in [5, 5.41) is 2.70.